The first-order chi connectivity index (χ1) is 8.12. The van der Waals surface area contributed by atoms with Crippen molar-refractivity contribution in [2.45, 2.75) is 11.7 Å². The molecule has 0 saturated carbocycles. The van der Waals surface area contributed by atoms with Crippen LogP contribution in [0.3, 0.4) is 0 Å². The van der Waals surface area contributed by atoms with Crippen LogP contribution in [0.2, 0.25) is 0 Å². The third kappa shape index (κ3) is 2.78. The minimum atomic E-state index is -3.38. The summed E-state index contributed by atoms with van der Waals surface area (Å²) in [6.45, 7) is 0.750. The van der Waals surface area contributed by atoms with Crippen molar-refractivity contribution in [1.29, 1.82) is 0 Å². The first kappa shape index (κ1) is 12.0. The highest BCUT2D eigenvalue weighted by molar-refractivity contribution is 7.93. The van der Waals surface area contributed by atoms with E-state index in [1.165, 1.54) is 0 Å². The lowest BCUT2D eigenvalue weighted by atomic mass is 10.2. The van der Waals surface area contributed by atoms with Gasteiger partial charge in [-0.3, -0.25) is 4.72 Å². The van der Waals surface area contributed by atoms with E-state index >= 15 is 0 Å². The zero-order valence-electron chi connectivity index (χ0n) is 9.22. The van der Waals surface area contributed by atoms with E-state index in [0.29, 0.717) is 24.3 Å². The number of nitrogens with one attached hydrogen (secondary N) is 1. The molecule has 4 nitrogen and oxygen atoms in total. The second-order valence-corrected chi connectivity index (χ2v) is 5.82. The molecule has 1 aliphatic heterocycles. The molecule has 1 N–H and O–H groups in total. The normalized spacial score (nSPS) is 19.8. The van der Waals surface area contributed by atoms with E-state index < -0.39 is 15.3 Å². The van der Waals surface area contributed by atoms with E-state index in [0.717, 1.165) is 0 Å². The Labute approximate surface area is 101 Å². The molecule has 1 aromatic carbocycles. The number of anilines is 1. The number of sulfonamides is 1. The van der Waals surface area contributed by atoms with Crippen molar-refractivity contribution >= 4 is 15.7 Å². The summed E-state index contributed by atoms with van der Waals surface area (Å²) in [4.78, 5) is 0. The zero-order chi connectivity index (χ0) is 12.3. The first-order valence-electron chi connectivity index (χ1n) is 5.28. The molecule has 1 heterocycles. The first-order valence-corrected chi connectivity index (χ1v) is 6.82. The number of benzene rings is 1. The highest BCUT2D eigenvalue weighted by Crippen LogP contribution is 2.18. The third-order valence-electron chi connectivity index (χ3n) is 2.62. The Balaban J connectivity index is 2.17. The van der Waals surface area contributed by atoms with Crippen LogP contribution in [0.25, 0.3) is 0 Å². The fourth-order valence-electron chi connectivity index (χ4n) is 1.68. The van der Waals surface area contributed by atoms with E-state index in [1.807, 2.05) is 0 Å². The Kier molecular flexibility index (Phi) is 3.36. The van der Waals surface area contributed by atoms with E-state index in [2.05, 4.69) is 10.6 Å². The summed E-state index contributed by atoms with van der Waals surface area (Å²) in [7, 11) is -3.38. The Morgan fingerprint density at radius 3 is 2.94 bits per heavy atom. The van der Waals surface area contributed by atoms with Gasteiger partial charge in [-0.25, -0.2) is 8.42 Å². The van der Waals surface area contributed by atoms with Crippen molar-refractivity contribution in [1.82, 2.24) is 0 Å². The Morgan fingerprint density at radius 1 is 1.47 bits per heavy atom. The Bertz CT molecular complexity index is 539. The van der Waals surface area contributed by atoms with Gasteiger partial charge in [-0.2, -0.15) is 0 Å². The van der Waals surface area contributed by atoms with E-state index in [9.17, 15) is 8.42 Å². The summed E-state index contributed by atoms with van der Waals surface area (Å²) < 4.78 is 31.5. The molecule has 1 aliphatic rings. The largest absolute Gasteiger partial charge is 0.380 e. The fraction of sp³-hybridized carbons (Fsp3) is 0.333. The van der Waals surface area contributed by atoms with Crippen molar-refractivity contribution < 1.29 is 13.2 Å². The van der Waals surface area contributed by atoms with Crippen LogP contribution < -0.4 is 4.72 Å². The van der Waals surface area contributed by atoms with Crippen molar-refractivity contribution in [3.63, 3.8) is 0 Å². The lowest BCUT2D eigenvalue weighted by Crippen LogP contribution is -2.28. The number of hydrogen-bond donors (Lipinski definition) is 1. The average molecular weight is 251 g/mol. The minimum absolute atomic E-state index is 0.254. The molecule has 0 radical (unpaired) electrons. The molecule has 1 saturated heterocycles. The van der Waals surface area contributed by atoms with Gasteiger partial charge in [-0.05, 0) is 24.6 Å². The lowest BCUT2D eigenvalue weighted by molar-refractivity contribution is 0.198. The van der Waals surface area contributed by atoms with Crippen LogP contribution >= 0.6 is 0 Å². The molecule has 1 atom stereocenters. The fourth-order valence-corrected chi connectivity index (χ4v) is 2.98. The SMILES string of the molecule is C#Cc1cccc(NS(=O)(=O)C2CCOC2)c1. The molecular weight excluding hydrogens is 238 g/mol. The number of rotatable bonds is 3. The van der Waals surface area contributed by atoms with Gasteiger partial charge in [-0.15, -0.1) is 6.42 Å². The number of hydrogen-bond acceptors (Lipinski definition) is 3. The van der Waals surface area contributed by atoms with Crippen molar-refractivity contribution in [3.8, 4) is 12.3 Å². The second kappa shape index (κ2) is 4.78. The molecule has 0 aromatic heterocycles. The van der Waals surface area contributed by atoms with E-state index in [4.69, 9.17) is 11.2 Å². The van der Waals surface area contributed by atoms with Crippen LogP contribution in [0.1, 0.15) is 12.0 Å². The van der Waals surface area contributed by atoms with Crippen LogP contribution in [0, 0.1) is 12.3 Å². The van der Waals surface area contributed by atoms with Crippen molar-refractivity contribution in [2.75, 3.05) is 17.9 Å². The predicted octanol–water partition coefficient (Wildman–Crippen LogP) is 1.20. The number of ether oxygens (including phenoxy) is 1. The summed E-state index contributed by atoms with van der Waals surface area (Å²) in [5.74, 6) is 2.46. The van der Waals surface area contributed by atoms with Crippen LogP contribution in [-0.2, 0) is 14.8 Å². The molecule has 0 amide bonds. The van der Waals surface area contributed by atoms with E-state index in [-0.39, 0.29) is 6.61 Å². The average Bonchev–Trinajstić information content (AvgIpc) is 2.83. The summed E-state index contributed by atoms with van der Waals surface area (Å²) in [6.07, 6.45) is 5.79. The molecule has 1 fully saturated rings. The molecule has 2 rings (SSSR count). The standard InChI is InChI=1S/C12H13NO3S/c1-2-10-4-3-5-11(8-10)13-17(14,15)12-6-7-16-9-12/h1,3-5,8,12-13H,6-7,9H2. The number of terminal acetylenes is 1. The van der Waals surface area contributed by atoms with Gasteiger partial charge < -0.3 is 4.74 Å². The molecule has 17 heavy (non-hydrogen) atoms. The summed E-state index contributed by atoms with van der Waals surface area (Å²) in [5, 5.41) is -0.475. The van der Waals surface area contributed by atoms with Crippen LogP contribution in [0.15, 0.2) is 24.3 Å². The van der Waals surface area contributed by atoms with Crippen LogP contribution in [0.5, 0.6) is 0 Å². The molecule has 90 valence electrons. The minimum Gasteiger partial charge on any atom is -0.380 e. The monoisotopic (exact) mass is 251 g/mol. The molecule has 0 aliphatic carbocycles. The molecule has 5 heteroatoms. The zero-order valence-corrected chi connectivity index (χ0v) is 10.0. The van der Waals surface area contributed by atoms with Crippen molar-refractivity contribution in [2.24, 2.45) is 0 Å². The predicted molar refractivity (Wildman–Crippen MR) is 66.1 cm³/mol. The molecule has 1 unspecified atom stereocenters. The summed E-state index contributed by atoms with van der Waals surface area (Å²) in [6, 6.07) is 6.77. The molecular formula is C12H13NO3S. The van der Waals surface area contributed by atoms with Gasteiger partial charge in [0.05, 0.1) is 6.61 Å². The van der Waals surface area contributed by atoms with Gasteiger partial charge in [0.1, 0.15) is 5.25 Å². The maximum absolute atomic E-state index is 12.0. The van der Waals surface area contributed by atoms with Crippen molar-refractivity contribution in [3.05, 3.63) is 29.8 Å². The highest BCUT2D eigenvalue weighted by atomic mass is 32.2. The lowest BCUT2D eigenvalue weighted by Gasteiger charge is -2.12. The maximum atomic E-state index is 12.0. The van der Waals surface area contributed by atoms with Gasteiger partial charge in [0.15, 0.2) is 0 Å². The highest BCUT2D eigenvalue weighted by Gasteiger charge is 2.29. The molecule has 0 spiro atoms. The summed E-state index contributed by atoms with van der Waals surface area (Å²) >= 11 is 0. The smallest absolute Gasteiger partial charge is 0.237 e. The molecule has 0 bridgehead atoms. The topological polar surface area (TPSA) is 55.4 Å². The molecule has 1 aromatic rings. The van der Waals surface area contributed by atoms with Gasteiger partial charge in [-0.1, -0.05) is 12.0 Å². The van der Waals surface area contributed by atoms with E-state index in [1.54, 1.807) is 24.3 Å². The Hall–Kier alpha value is -1.51. The quantitative estimate of drug-likeness (QED) is 0.821. The van der Waals surface area contributed by atoms with Gasteiger partial charge in [0.2, 0.25) is 10.0 Å². The van der Waals surface area contributed by atoms with Gasteiger partial charge in [0.25, 0.3) is 0 Å². The third-order valence-corrected chi connectivity index (χ3v) is 4.39. The second-order valence-electron chi connectivity index (χ2n) is 3.86. The summed E-state index contributed by atoms with van der Waals surface area (Å²) in [5.41, 5.74) is 1.14. The van der Waals surface area contributed by atoms with Gasteiger partial charge >= 0.3 is 0 Å². The maximum Gasteiger partial charge on any atom is 0.237 e. The Morgan fingerprint density at radius 2 is 2.29 bits per heavy atom. The van der Waals surface area contributed by atoms with Crippen LogP contribution in [0.4, 0.5) is 5.69 Å². The van der Waals surface area contributed by atoms with Gasteiger partial charge in [0, 0.05) is 17.9 Å². The van der Waals surface area contributed by atoms with Crippen LogP contribution in [-0.4, -0.2) is 26.9 Å².